The van der Waals surface area contributed by atoms with E-state index < -0.39 is 32.2 Å². The van der Waals surface area contributed by atoms with Crippen LogP contribution in [0.25, 0.3) is 11.0 Å². The maximum Gasteiger partial charge on any atom is 0.255 e. The van der Waals surface area contributed by atoms with E-state index in [2.05, 4.69) is 34.6 Å². The number of benzene rings is 3. The second-order valence-corrected chi connectivity index (χ2v) is 14.7. The quantitative estimate of drug-likeness (QED) is 0.283. The monoisotopic (exact) mass is 665 g/mol. The van der Waals surface area contributed by atoms with E-state index in [0.29, 0.717) is 24.5 Å². The zero-order chi connectivity index (χ0) is 32.2. The van der Waals surface area contributed by atoms with E-state index >= 15 is 0 Å². The molecule has 3 fully saturated rings. The topological polar surface area (TPSA) is 111 Å². The number of sulfonamides is 1. The fraction of sp³-hybridized carbons (Fsp3) is 0.412. The Morgan fingerprint density at radius 1 is 1.07 bits per heavy atom. The predicted octanol–water partition coefficient (Wildman–Crippen LogP) is 5.41. The molecule has 2 N–H and O–H groups in total. The summed E-state index contributed by atoms with van der Waals surface area (Å²) in [5.74, 6) is -0.540. The molecule has 3 saturated heterocycles. The third-order valence-electron chi connectivity index (χ3n) is 10.1. The number of aromatic nitrogens is 2. The highest BCUT2D eigenvalue weighted by atomic mass is 35.5. The number of carbonyl (C=O) groups excluding carboxylic acids is 1. The molecular weight excluding hydrogens is 629 g/mol. The molecule has 1 aromatic heterocycles. The molecule has 1 amide bonds. The highest BCUT2D eigenvalue weighted by molar-refractivity contribution is 7.89. The number of carbonyl (C=O) groups is 1. The van der Waals surface area contributed by atoms with Crippen molar-refractivity contribution < 1.29 is 22.3 Å². The maximum atomic E-state index is 14.4. The molecule has 3 aromatic carbocycles. The van der Waals surface area contributed by atoms with Gasteiger partial charge in [0, 0.05) is 31.2 Å². The Hall–Kier alpha value is -3.35. The molecule has 0 spiro atoms. The van der Waals surface area contributed by atoms with Crippen LogP contribution in [0.2, 0.25) is 5.02 Å². The minimum Gasteiger partial charge on any atom is -0.367 e. The SMILES string of the molecule is Cc1nc2ccccc2n1[C@H]1C[C@H]2CC[C@@H](C1)N2CCC1(c2ccccc2)CN(C(=O)c2cc(S(N)(=O)=O)c(F)cc2Cl)CCO1. The van der Waals surface area contributed by atoms with Crippen LogP contribution in [0.4, 0.5) is 4.39 Å². The smallest absolute Gasteiger partial charge is 0.255 e. The summed E-state index contributed by atoms with van der Waals surface area (Å²) in [4.78, 5) is 22.1. The van der Waals surface area contributed by atoms with Crippen LogP contribution in [0.5, 0.6) is 0 Å². The molecule has 46 heavy (non-hydrogen) atoms. The predicted molar refractivity (Wildman–Crippen MR) is 174 cm³/mol. The van der Waals surface area contributed by atoms with Gasteiger partial charge in [0.25, 0.3) is 5.91 Å². The molecule has 9 nitrogen and oxygen atoms in total. The summed E-state index contributed by atoms with van der Waals surface area (Å²) in [7, 11) is -4.40. The van der Waals surface area contributed by atoms with Crippen molar-refractivity contribution in [3.63, 3.8) is 0 Å². The zero-order valence-electron chi connectivity index (χ0n) is 25.6. The van der Waals surface area contributed by atoms with E-state index in [9.17, 15) is 17.6 Å². The van der Waals surface area contributed by atoms with E-state index in [1.165, 1.54) is 5.52 Å². The molecule has 242 valence electrons. The molecule has 3 aliphatic rings. The van der Waals surface area contributed by atoms with Crippen LogP contribution in [0.3, 0.4) is 0 Å². The molecule has 1 unspecified atom stereocenters. The van der Waals surface area contributed by atoms with Crippen molar-refractivity contribution in [3.05, 3.63) is 94.5 Å². The van der Waals surface area contributed by atoms with Crippen LogP contribution >= 0.6 is 11.6 Å². The number of halogens is 2. The van der Waals surface area contributed by atoms with Crippen molar-refractivity contribution in [3.8, 4) is 0 Å². The number of amides is 1. The van der Waals surface area contributed by atoms with Crippen molar-refractivity contribution in [2.75, 3.05) is 26.2 Å². The van der Waals surface area contributed by atoms with Gasteiger partial charge in [0.1, 0.15) is 22.1 Å². The van der Waals surface area contributed by atoms with Crippen molar-refractivity contribution >= 4 is 38.6 Å². The summed E-state index contributed by atoms with van der Waals surface area (Å²) in [5.41, 5.74) is 2.29. The van der Waals surface area contributed by atoms with Crippen LogP contribution in [0.15, 0.2) is 71.6 Å². The number of nitrogens with zero attached hydrogens (tertiary/aromatic N) is 4. The third kappa shape index (κ3) is 5.62. The highest BCUT2D eigenvalue weighted by Crippen LogP contribution is 2.44. The van der Waals surface area contributed by atoms with Gasteiger partial charge < -0.3 is 14.2 Å². The molecule has 4 atom stereocenters. The first-order chi connectivity index (χ1) is 22.0. The van der Waals surface area contributed by atoms with Gasteiger partial charge in [0.05, 0.1) is 34.8 Å². The number of piperidine rings is 1. The summed E-state index contributed by atoms with van der Waals surface area (Å²) >= 11 is 6.28. The standard InChI is InChI=1S/C34H37ClFN5O4S/c1-22-38-30-9-5-6-10-31(30)41(22)26-17-24-11-12-25(18-26)40(24)14-13-34(23-7-3-2-4-8-23)21-39(15-16-45-34)33(42)27-19-32(46(37,43)44)29(36)20-28(27)35/h2-10,19-20,24-26H,11-18,21H2,1H3,(H2,37,43,44)/t24-,25+,26+,34?. The first-order valence-corrected chi connectivity index (χ1v) is 17.7. The molecule has 12 heteroatoms. The van der Waals surface area contributed by atoms with Crippen LogP contribution in [-0.2, 0) is 20.4 Å². The molecule has 4 heterocycles. The number of hydrogen-bond acceptors (Lipinski definition) is 6. The van der Waals surface area contributed by atoms with Gasteiger partial charge in [-0.05, 0) is 68.9 Å². The second-order valence-electron chi connectivity index (χ2n) is 12.8. The van der Waals surface area contributed by atoms with Crippen LogP contribution in [-0.4, -0.2) is 72.0 Å². The molecule has 0 aliphatic carbocycles. The van der Waals surface area contributed by atoms with Crippen molar-refractivity contribution in [1.82, 2.24) is 19.4 Å². The number of aryl methyl sites for hydroxylation is 1. The van der Waals surface area contributed by atoms with E-state index in [1.807, 2.05) is 36.4 Å². The first-order valence-electron chi connectivity index (χ1n) is 15.7. The Morgan fingerprint density at radius 2 is 1.76 bits per heavy atom. The maximum absolute atomic E-state index is 14.4. The lowest BCUT2D eigenvalue weighted by Crippen LogP contribution is -2.54. The molecule has 4 aromatic rings. The number of para-hydroxylation sites is 2. The number of morpholine rings is 1. The first kappa shape index (κ1) is 31.3. The minimum absolute atomic E-state index is 0.113. The van der Waals surface area contributed by atoms with Gasteiger partial charge in [0.2, 0.25) is 10.0 Å². The number of hydrogen-bond donors (Lipinski definition) is 1. The summed E-state index contributed by atoms with van der Waals surface area (Å²) in [6, 6.07) is 21.3. The summed E-state index contributed by atoms with van der Waals surface area (Å²) in [5, 5.41) is 5.04. The second kappa shape index (κ2) is 12.0. The molecule has 2 bridgehead atoms. The molecule has 7 rings (SSSR count). The fourth-order valence-corrected chi connectivity index (χ4v) is 8.85. The van der Waals surface area contributed by atoms with E-state index in [1.54, 1.807) is 4.90 Å². The lowest BCUT2D eigenvalue weighted by molar-refractivity contribution is -0.115. The molecule has 0 radical (unpaired) electrons. The minimum atomic E-state index is -4.40. The largest absolute Gasteiger partial charge is 0.367 e. The van der Waals surface area contributed by atoms with Gasteiger partial charge in [0.15, 0.2) is 0 Å². The van der Waals surface area contributed by atoms with Gasteiger partial charge >= 0.3 is 0 Å². The fourth-order valence-electron chi connectivity index (χ4n) is 8.01. The van der Waals surface area contributed by atoms with Crippen molar-refractivity contribution in [2.24, 2.45) is 5.14 Å². The molecule has 3 aliphatic heterocycles. The van der Waals surface area contributed by atoms with E-state index in [-0.39, 0.29) is 30.3 Å². The Balaban J connectivity index is 1.13. The Kier molecular flexibility index (Phi) is 8.17. The Labute approximate surface area is 273 Å². The van der Waals surface area contributed by atoms with Crippen molar-refractivity contribution in [2.45, 2.75) is 67.6 Å². The van der Waals surface area contributed by atoms with Crippen LogP contribution < -0.4 is 5.14 Å². The average Bonchev–Trinajstić information content (AvgIpc) is 3.49. The average molecular weight is 666 g/mol. The number of nitrogens with two attached hydrogens (primary N) is 1. The Bertz CT molecular complexity index is 1890. The van der Waals surface area contributed by atoms with Gasteiger partial charge in [-0.2, -0.15) is 0 Å². The van der Waals surface area contributed by atoms with Gasteiger partial charge in [-0.3, -0.25) is 9.69 Å². The number of rotatable bonds is 7. The van der Waals surface area contributed by atoms with E-state index in [4.69, 9.17) is 26.5 Å². The van der Waals surface area contributed by atoms with Crippen LogP contribution in [0, 0.1) is 12.7 Å². The Morgan fingerprint density at radius 3 is 2.48 bits per heavy atom. The van der Waals surface area contributed by atoms with Gasteiger partial charge in [-0.1, -0.05) is 54.1 Å². The lowest BCUT2D eigenvalue weighted by Gasteiger charge is -2.46. The summed E-state index contributed by atoms with van der Waals surface area (Å²) < 4.78 is 47.4. The summed E-state index contributed by atoms with van der Waals surface area (Å²) in [6.07, 6.45) is 5.05. The van der Waals surface area contributed by atoms with Gasteiger partial charge in [-0.25, -0.2) is 22.9 Å². The molecular formula is C34H37ClFN5O4S. The number of primary sulfonamides is 1. The normalized spacial score (nSPS) is 25.3. The third-order valence-corrected chi connectivity index (χ3v) is 11.3. The summed E-state index contributed by atoms with van der Waals surface area (Å²) in [6.45, 7) is 3.69. The van der Waals surface area contributed by atoms with Crippen molar-refractivity contribution in [1.29, 1.82) is 0 Å². The number of ether oxygens (including phenoxy) is 1. The lowest BCUT2D eigenvalue weighted by atomic mass is 9.87. The van der Waals surface area contributed by atoms with Crippen LogP contribution in [0.1, 0.15) is 59.9 Å². The van der Waals surface area contributed by atoms with Gasteiger partial charge in [-0.15, -0.1) is 0 Å². The van der Waals surface area contributed by atoms with E-state index in [0.717, 1.165) is 61.3 Å². The molecule has 0 saturated carbocycles. The highest BCUT2D eigenvalue weighted by Gasteiger charge is 2.45. The zero-order valence-corrected chi connectivity index (χ0v) is 27.2. The number of fused-ring (bicyclic) bond motifs is 3. The number of imidazole rings is 1.